The molecule has 0 saturated heterocycles. The summed E-state index contributed by atoms with van der Waals surface area (Å²) < 4.78 is 23.1. The number of amides is 1. The molecular formula is C15H22N2O4S. The summed E-state index contributed by atoms with van der Waals surface area (Å²) in [6.07, 6.45) is 0.955. The molecule has 1 amide bonds. The third-order valence-corrected chi connectivity index (χ3v) is 4.57. The summed E-state index contributed by atoms with van der Waals surface area (Å²) in [7, 11) is -1.24. The highest BCUT2D eigenvalue weighted by Crippen LogP contribution is 2.31. The zero-order valence-electron chi connectivity index (χ0n) is 12.7. The molecule has 7 heteroatoms. The molecule has 6 nitrogen and oxygen atoms in total. The van der Waals surface area contributed by atoms with Gasteiger partial charge in [0.2, 0.25) is 5.91 Å². The molecule has 0 radical (unpaired) electrons. The lowest BCUT2D eigenvalue weighted by Crippen LogP contribution is -2.29. The summed E-state index contributed by atoms with van der Waals surface area (Å²) in [5, 5.41) is 2.77. The fourth-order valence-electron chi connectivity index (χ4n) is 2.00. The van der Waals surface area contributed by atoms with Crippen LogP contribution in [0.4, 0.5) is 0 Å². The Balaban J connectivity index is 1.81. The summed E-state index contributed by atoms with van der Waals surface area (Å²) in [5.41, 5.74) is 5.61. The van der Waals surface area contributed by atoms with E-state index in [0.29, 0.717) is 36.2 Å². The van der Waals surface area contributed by atoms with Gasteiger partial charge in [-0.15, -0.1) is 0 Å². The Morgan fingerprint density at radius 3 is 2.82 bits per heavy atom. The van der Waals surface area contributed by atoms with Crippen LogP contribution < -0.4 is 20.5 Å². The van der Waals surface area contributed by atoms with Crippen molar-refractivity contribution >= 4 is 16.7 Å². The zero-order chi connectivity index (χ0) is 15.9. The number of ether oxygens (including phenoxy) is 2. The lowest BCUT2D eigenvalue weighted by molar-refractivity contribution is -0.120. The van der Waals surface area contributed by atoms with Crippen molar-refractivity contribution in [3.8, 4) is 11.5 Å². The topological polar surface area (TPSA) is 90.7 Å². The summed E-state index contributed by atoms with van der Waals surface area (Å²) in [4.78, 5) is 12.3. The van der Waals surface area contributed by atoms with Gasteiger partial charge in [0.15, 0.2) is 11.5 Å². The van der Waals surface area contributed by atoms with E-state index in [9.17, 15) is 9.00 Å². The average molecular weight is 326 g/mol. The quantitative estimate of drug-likeness (QED) is 0.774. The van der Waals surface area contributed by atoms with Crippen LogP contribution in [0.3, 0.4) is 0 Å². The van der Waals surface area contributed by atoms with Gasteiger partial charge in [0.25, 0.3) is 0 Å². The fourth-order valence-corrected chi connectivity index (χ4v) is 3.06. The second-order valence-electron chi connectivity index (χ2n) is 5.22. The largest absolute Gasteiger partial charge is 0.486 e. The molecule has 2 unspecified atom stereocenters. The number of hydrogen-bond donors (Lipinski definition) is 2. The number of nitrogens with one attached hydrogen (secondary N) is 1. The molecule has 1 heterocycles. The predicted molar refractivity (Wildman–Crippen MR) is 84.6 cm³/mol. The van der Waals surface area contributed by atoms with E-state index in [1.807, 2.05) is 6.92 Å². The summed E-state index contributed by atoms with van der Waals surface area (Å²) >= 11 is 0. The van der Waals surface area contributed by atoms with Crippen LogP contribution in [0, 0.1) is 0 Å². The third-order valence-electron chi connectivity index (χ3n) is 3.21. The summed E-state index contributed by atoms with van der Waals surface area (Å²) in [6, 6.07) is 5.29. The first-order valence-corrected chi connectivity index (χ1v) is 8.68. The van der Waals surface area contributed by atoms with Crippen molar-refractivity contribution < 1.29 is 18.5 Å². The Kier molecular flexibility index (Phi) is 6.21. The van der Waals surface area contributed by atoms with Gasteiger partial charge in [-0.05, 0) is 25.5 Å². The van der Waals surface area contributed by atoms with E-state index < -0.39 is 10.8 Å². The summed E-state index contributed by atoms with van der Waals surface area (Å²) in [6.45, 7) is 3.46. The lowest BCUT2D eigenvalue weighted by Gasteiger charge is -2.18. The van der Waals surface area contributed by atoms with E-state index in [4.69, 9.17) is 15.2 Å². The lowest BCUT2D eigenvalue weighted by atomic mass is 10.2. The van der Waals surface area contributed by atoms with Crippen LogP contribution >= 0.6 is 0 Å². The number of benzene rings is 1. The Bertz CT molecular complexity index is 548. The molecule has 22 heavy (non-hydrogen) atoms. The van der Waals surface area contributed by atoms with Crippen LogP contribution in [0.5, 0.6) is 11.5 Å². The third kappa shape index (κ3) is 4.99. The Morgan fingerprint density at radius 1 is 1.36 bits per heavy atom. The minimum atomic E-state index is -1.24. The highest BCUT2D eigenvalue weighted by atomic mass is 32.2. The van der Waals surface area contributed by atoms with Gasteiger partial charge in [-0.2, -0.15) is 0 Å². The zero-order valence-corrected chi connectivity index (χ0v) is 13.5. The van der Waals surface area contributed by atoms with E-state index in [-0.39, 0.29) is 24.1 Å². The van der Waals surface area contributed by atoms with Crippen molar-refractivity contribution in [1.82, 2.24) is 5.32 Å². The maximum Gasteiger partial charge on any atom is 0.220 e. The molecule has 0 saturated carbocycles. The number of nitrogens with two attached hydrogens (primary N) is 1. The molecule has 0 bridgehead atoms. The number of carbonyl (C=O) groups excluding carboxylic acids is 1. The molecule has 1 aromatic rings. The Labute approximate surface area is 132 Å². The minimum absolute atomic E-state index is 0.0622. The molecule has 0 spiro atoms. The minimum Gasteiger partial charge on any atom is -0.486 e. The van der Waals surface area contributed by atoms with Crippen molar-refractivity contribution in [2.45, 2.75) is 30.7 Å². The van der Waals surface area contributed by atoms with E-state index in [1.165, 1.54) is 0 Å². The Morgan fingerprint density at radius 2 is 2.09 bits per heavy atom. The molecule has 0 aliphatic carbocycles. The highest BCUT2D eigenvalue weighted by Gasteiger charge is 2.15. The molecule has 1 aliphatic heterocycles. The van der Waals surface area contributed by atoms with E-state index in [1.54, 1.807) is 18.2 Å². The summed E-state index contributed by atoms with van der Waals surface area (Å²) in [5.74, 6) is 1.45. The van der Waals surface area contributed by atoms with Gasteiger partial charge >= 0.3 is 0 Å². The van der Waals surface area contributed by atoms with Gasteiger partial charge in [0.1, 0.15) is 13.2 Å². The van der Waals surface area contributed by atoms with E-state index in [2.05, 4.69) is 5.32 Å². The van der Waals surface area contributed by atoms with Crippen molar-refractivity contribution in [3.63, 3.8) is 0 Å². The van der Waals surface area contributed by atoms with Crippen LogP contribution in [0.2, 0.25) is 0 Å². The molecule has 1 aromatic carbocycles. The maximum atomic E-state index is 12.2. The van der Waals surface area contributed by atoms with Crippen LogP contribution in [-0.4, -0.2) is 41.7 Å². The number of carbonyl (C=O) groups is 1. The molecule has 0 aromatic heterocycles. The van der Waals surface area contributed by atoms with E-state index in [0.717, 1.165) is 6.42 Å². The highest BCUT2D eigenvalue weighted by molar-refractivity contribution is 7.85. The van der Waals surface area contributed by atoms with E-state index >= 15 is 0 Å². The first-order chi connectivity index (χ1) is 10.6. The standard InChI is InChI=1S/C15H22N2O4S/c1-11(16)4-6-17-15(18)5-9-22(19)12-2-3-13-14(10-12)21-8-7-20-13/h2-3,10-11H,4-9,16H2,1H3,(H,17,18). The van der Waals surface area contributed by atoms with Gasteiger partial charge in [-0.3, -0.25) is 9.00 Å². The first-order valence-electron chi connectivity index (χ1n) is 7.36. The molecule has 122 valence electrons. The van der Waals surface area contributed by atoms with Crippen LogP contribution in [-0.2, 0) is 15.6 Å². The normalized spacial score (nSPS) is 15.9. The van der Waals surface area contributed by atoms with Crippen molar-refractivity contribution in [2.75, 3.05) is 25.5 Å². The molecular weight excluding hydrogens is 304 g/mol. The number of hydrogen-bond acceptors (Lipinski definition) is 5. The predicted octanol–water partition coefficient (Wildman–Crippen LogP) is 0.809. The van der Waals surface area contributed by atoms with Gasteiger partial charge in [-0.25, -0.2) is 0 Å². The monoisotopic (exact) mass is 326 g/mol. The average Bonchev–Trinajstić information content (AvgIpc) is 2.51. The SMILES string of the molecule is CC(N)CCNC(=O)CCS(=O)c1ccc2c(c1)OCCO2. The molecule has 3 N–H and O–H groups in total. The maximum absolute atomic E-state index is 12.2. The first kappa shape index (κ1) is 16.8. The molecule has 2 atom stereocenters. The second kappa shape index (κ2) is 8.14. The van der Waals surface area contributed by atoms with Gasteiger partial charge in [-0.1, -0.05) is 0 Å². The number of rotatable bonds is 7. The van der Waals surface area contributed by atoms with Crippen molar-refractivity contribution in [2.24, 2.45) is 5.73 Å². The van der Waals surface area contributed by atoms with Crippen molar-refractivity contribution in [1.29, 1.82) is 0 Å². The van der Waals surface area contributed by atoms with Crippen LogP contribution in [0.25, 0.3) is 0 Å². The van der Waals surface area contributed by atoms with Gasteiger partial charge in [0.05, 0.1) is 10.8 Å². The second-order valence-corrected chi connectivity index (χ2v) is 6.79. The smallest absolute Gasteiger partial charge is 0.220 e. The van der Waals surface area contributed by atoms with Crippen molar-refractivity contribution in [3.05, 3.63) is 18.2 Å². The van der Waals surface area contributed by atoms with Gasteiger partial charge < -0.3 is 20.5 Å². The fraction of sp³-hybridized carbons (Fsp3) is 0.533. The molecule has 2 rings (SSSR count). The molecule has 0 fully saturated rings. The Hall–Kier alpha value is -1.60. The van der Waals surface area contributed by atoms with Crippen LogP contribution in [0.15, 0.2) is 23.1 Å². The molecule has 1 aliphatic rings. The van der Waals surface area contributed by atoms with Gasteiger partial charge in [0, 0.05) is 35.7 Å². The number of fused-ring (bicyclic) bond motifs is 1. The van der Waals surface area contributed by atoms with Crippen LogP contribution in [0.1, 0.15) is 19.8 Å².